The van der Waals surface area contributed by atoms with Gasteiger partial charge in [0.2, 0.25) is 5.16 Å². The number of fused-ring (bicyclic) bond motifs is 1. The Balaban J connectivity index is 1.74. The average molecular weight is 290 g/mol. The molecular formula is C13H11FN4OS. The van der Waals surface area contributed by atoms with Gasteiger partial charge in [0.1, 0.15) is 0 Å². The normalized spacial score (nSPS) is 10.9. The van der Waals surface area contributed by atoms with Crippen molar-refractivity contribution in [2.45, 2.75) is 10.9 Å². The first-order chi connectivity index (χ1) is 9.76. The molecule has 0 amide bonds. The van der Waals surface area contributed by atoms with Crippen LogP contribution >= 0.6 is 11.8 Å². The molecule has 0 N–H and O–H groups in total. The third-order valence-electron chi connectivity index (χ3n) is 2.68. The molecular weight excluding hydrogens is 279 g/mol. The highest BCUT2D eigenvalue weighted by Gasteiger charge is 2.07. The van der Waals surface area contributed by atoms with Crippen molar-refractivity contribution in [2.75, 3.05) is 7.11 Å². The number of aromatic nitrogens is 4. The molecule has 3 aromatic rings. The minimum Gasteiger partial charge on any atom is -0.494 e. The van der Waals surface area contributed by atoms with Gasteiger partial charge in [0, 0.05) is 18.1 Å². The Hall–Kier alpha value is -2.15. The SMILES string of the molecule is COc1ccc(CSc2nc3ncccn3n2)cc1F. The molecule has 5 nitrogen and oxygen atoms in total. The molecule has 0 atom stereocenters. The highest BCUT2D eigenvalue weighted by molar-refractivity contribution is 7.98. The smallest absolute Gasteiger partial charge is 0.253 e. The van der Waals surface area contributed by atoms with Crippen LogP contribution in [-0.2, 0) is 5.75 Å². The first-order valence-electron chi connectivity index (χ1n) is 5.89. The van der Waals surface area contributed by atoms with Gasteiger partial charge in [-0.25, -0.2) is 13.9 Å². The van der Waals surface area contributed by atoms with E-state index in [0.29, 0.717) is 16.7 Å². The van der Waals surface area contributed by atoms with E-state index in [1.165, 1.54) is 24.9 Å². The Bertz CT molecular complexity index is 713. The maximum absolute atomic E-state index is 13.6. The second-order valence-corrected chi connectivity index (χ2v) is 4.96. The van der Waals surface area contributed by atoms with Crippen molar-refractivity contribution in [3.8, 4) is 5.75 Å². The van der Waals surface area contributed by atoms with Crippen LogP contribution in [0.25, 0.3) is 5.78 Å². The largest absolute Gasteiger partial charge is 0.494 e. The van der Waals surface area contributed by atoms with E-state index in [1.807, 2.05) is 6.07 Å². The van der Waals surface area contributed by atoms with Gasteiger partial charge < -0.3 is 4.74 Å². The number of thioether (sulfide) groups is 1. The molecule has 0 aliphatic rings. The zero-order valence-electron chi connectivity index (χ0n) is 10.7. The fourth-order valence-electron chi connectivity index (χ4n) is 1.72. The topological polar surface area (TPSA) is 52.3 Å². The predicted molar refractivity (Wildman–Crippen MR) is 73.3 cm³/mol. The monoisotopic (exact) mass is 290 g/mol. The van der Waals surface area contributed by atoms with Gasteiger partial charge in [0.15, 0.2) is 11.6 Å². The fourth-order valence-corrected chi connectivity index (χ4v) is 2.49. The Kier molecular flexibility index (Phi) is 3.51. The second kappa shape index (κ2) is 5.46. The number of methoxy groups -OCH3 is 1. The van der Waals surface area contributed by atoms with E-state index < -0.39 is 0 Å². The number of hydrogen-bond donors (Lipinski definition) is 0. The number of halogens is 1. The molecule has 0 bridgehead atoms. The predicted octanol–water partition coefficient (Wildman–Crippen LogP) is 2.56. The molecule has 20 heavy (non-hydrogen) atoms. The molecule has 0 aliphatic heterocycles. The van der Waals surface area contributed by atoms with Crippen LogP contribution in [0.5, 0.6) is 5.75 Å². The summed E-state index contributed by atoms with van der Waals surface area (Å²) in [6, 6.07) is 6.68. The average Bonchev–Trinajstić information content (AvgIpc) is 2.88. The van der Waals surface area contributed by atoms with Gasteiger partial charge in [-0.05, 0) is 23.8 Å². The summed E-state index contributed by atoms with van der Waals surface area (Å²) in [5, 5.41) is 4.88. The maximum atomic E-state index is 13.6. The van der Waals surface area contributed by atoms with E-state index in [0.717, 1.165) is 5.56 Å². The first kappa shape index (κ1) is 12.9. The molecule has 2 heterocycles. The van der Waals surface area contributed by atoms with E-state index in [9.17, 15) is 4.39 Å². The summed E-state index contributed by atoms with van der Waals surface area (Å²) >= 11 is 1.43. The quantitative estimate of drug-likeness (QED) is 0.691. The van der Waals surface area contributed by atoms with Crippen molar-refractivity contribution < 1.29 is 9.13 Å². The third-order valence-corrected chi connectivity index (χ3v) is 3.59. The number of hydrogen-bond acceptors (Lipinski definition) is 5. The lowest BCUT2D eigenvalue weighted by Crippen LogP contribution is -1.90. The molecule has 0 fully saturated rings. The van der Waals surface area contributed by atoms with E-state index >= 15 is 0 Å². The van der Waals surface area contributed by atoms with E-state index in [1.54, 1.807) is 29.0 Å². The first-order valence-corrected chi connectivity index (χ1v) is 6.87. The van der Waals surface area contributed by atoms with Crippen molar-refractivity contribution in [1.82, 2.24) is 19.6 Å². The number of ether oxygens (including phenoxy) is 1. The summed E-state index contributed by atoms with van der Waals surface area (Å²) in [4.78, 5) is 8.36. The van der Waals surface area contributed by atoms with Crippen molar-refractivity contribution in [3.05, 3.63) is 48.0 Å². The summed E-state index contributed by atoms with van der Waals surface area (Å²) in [6.07, 6.45) is 3.45. The van der Waals surface area contributed by atoms with Crippen LogP contribution in [0.3, 0.4) is 0 Å². The van der Waals surface area contributed by atoms with Crippen LogP contribution < -0.4 is 4.74 Å². The molecule has 1 aromatic carbocycles. The molecule has 2 aromatic heterocycles. The summed E-state index contributed by atoms with van der Waals surface area (Å²) < 4.78 is 20.1. The molecule has 0 radical (unpaired) electrons. The number of benzene rings is 1. The van der Waals surface area contributed by atoms with Gasteiger partial charge in [0.05, 0.1) is 7.11 Å². The van der Waals surface area contributed by atoms with Crippen LogP contribution in [0.15, 0.2) is 41.8 Å². The van der Waals surface area contributed by atoms with Gasteiger partial charge in [0.25, 0.3) is 5.78 Å². The van der Waals surface area contributed by atoms with Crippen LogP contribution in [0.2, 0.25) is 0 Å². The van der Waals surface area contributed by atoms with Crippen molar-refractivity contribution >= 4 is 17.5 Å². The standard InChI is InChI=1S/C13H11FN4OS/c1-19-11-4-3-9(7-10(11)14)8-20-13-16-12-15-5-2-6-18(12)17-13/h2-7H,8H2,1H3. The fraction of sp³-hybridized carbons (Fsp3) is 0.154. The van der Waals surface area contributed by atoms with Gasteiger partial charge in [-0.15, -0.1) is 5.10 Å². The Morgan fingerprint density at radius 3 is 3.05 bits per heavy atom. The molecule has 3 rings (SSSR count). The Morgan fingerprint density at radius 2 is 2.30 bits per heavy atom. The van der Waals surface area contributed by atoms with Crippen LogP contribution in [0.1, 0.15) is 5.56 Å². The number of nitrogens with zero attached hydrogens (tertiary/aromatic N) is 4. The molecule has 0 spiro atoms. The highest BCUT2D eigenvalue weighted by Crippen LogP contribution is 2.23. The van der Waals surface area contributed by atoms with E-state index in [4.69, 9.17) is 4.74 Å². The maximum Gasteiger partial charge on any atom is 0.253 e. The molecule has 0 saturated carbocycles. The van der Waals surface area contributed by atoms with Crippen LogP contribution in [0, 0.1) is 5.82 Å². The lowest BCUT2D eigenvalue weighted by molar-refractivity contribution is 0.386. The summed E-state index contributed by atoms with van der Waals surface area (Å²) in [5.41, 5.74) is 0.847. The second-order valence-electron chi connectivity index (χ2n) is 4.02. The molecule has 102 valence electrons. The molecule has 0 aliphatic carbocycles. The Labute approximate surface area is 118 Å². The highest BCUT2D eigenvalue weighted by atomic mass is 32.2. The lowest BCUT2D eigenvalue weighted by atomic mass is 10.2. The summed E-state index contributed by atoms with van der Waals surface area (Å²) in [5.74, 6) is 1.01. The van der Waals surface area contributed by atoms with Gasteiger partial charge >= 0.3 is 0 Å². The van der Waals surface area contributed by atoms with Gasteiger partial charge in [-0.3, -0.25) is 0 Å². The molecule has 7 heteroatoms. The molecule has 0 unspecified atom stereocenters. The Morgan fingerprint density at radius 1 is 1.40 bits per heavy atom. The van der Waals surface area contributed by atoms with Gasteiger partial charge in [-0.1, -0.05) is 17.8 Å². The van der Waals surface area contributed by atoms with Crippen molar-refractivity contribution in [1.29, 1.82) is 0 Å². The third kappa shape index (κ3) is 2.57. The van der Waals surface area contributed by atoms with Crippen molar-refractivity contribution in [2.24, 2.45) is 0 Å². The minimum absolute atomic E-state index is 0.244. The van der Waals surface area contributed by atoms with Crippen LogP contribution in [-0.4, -0.2) is 26.7 Å². The zero-order chi connectivity index (χ0) is 13.9. The lowest BCUT2D eigenvalue weighted by Gasteiger charge is -2.03. The minimum atomic E-state index is -0.366. The van der Waals surface area contributed by atoms with Crippen molar-refractivity contribution in [3.63, 3.8) is 0 Å². The summed E-state index contributed by atoms with van der Waals surface area (Å²) in [7, 11) is 1.44. The molecule has 0 saturated heterocycles. The van der Waals surface area contributed by atoms with Crippen LogP contribution in [0.4, 0.5) is 4.39 Å². The zero-order valence-corrected chi connectivity index (χ0v) is 11.5. The number of rotatable bonds is 4. The van der Waals surface area contributed by atoms with E-state index in [2.05, 4.69) is 15.1 Å². The summed E-state index contributed by atoms with van der Waals surface area (Å²) in [6.45, 7) is 0. The van der Waals surface area contributed by atoms with E-state index in [-0.39, 0.29) is 11.6 Å². The van der Waals surface area contributed by atoms with Gasteiger partial charge in [-0.2, -0.15) is 4.98 Å².